The number of carbonyl (C=O) groups excluding carboxylic acids is 1. The lowest BCUT2D eigenvalue weighted by Gasteiger charge is -2.22. The molecule has 2 N–H and O–H groups in total. The van der Waals surface area contributed by atoms with Crippen molar-refractivity contribution in [1.29, 1.82) is 0 Å². The van der Waals surface area contributed by atoms with Crippen LogP contribution in [0.1, 0.15) is 26.7 Å². The Hall–Kier alpha value is -0.320. The molecular formula is C11H23ClN2O2. The summed E-state index contributed by atoms with van der Waals surface area (Å²) in [6.07, 6.45) is 1.96. The summed E-state index contributed by atoms with van der Waals surface area (Å²) < 4.78 is 5.28. The van der Waals surface area contributed by atoms with E-state index in [1.807, 2.05) is 0 Å². The monoisotopic (exact) mass is 250 g/mol. The van der Waals surface area contributed by atoms with Crippen molar-refractivity contribution in [2.75, 3.05) is 26.3 Å². The molecule has 0 radical (unpaired) electrons. The van der Waals surface area contributed by atoms with E-state index in [0.717, 1.165) is 26.0 Å². The van der Waals surface area contributed by atoms with Crippen LogP contribution >= 0.6 is 12.4 Å². The van der Waals surface area contributed by atoms with Crippen LogP contribution in [0.25, 0.3) is 0 Å². The number of halogens is 1. The lowest BCUT2D eigenvalue weighted by molar-refractivity contribution is -0.129. The molecule has 5 heteroatoms. The topological polar surface area (TPSA) is 50.4 Å². The van der Waals surface area contributed by atoms with Crippen molar-refractivity contribution in [2.45, 2.75) is 32.7 Å². The molecule has 0 aromatic carbocycles. The highest BCUT2D eigenvalue weighted by Gasteiger charge is 2.21. The molecule has 2 atom stereocenters. The Morgan fingerprint density at radius 3 is 2.88 bits per heavy atom. The van der Waals surface area contributed by atoms with Crippen molar-refractivity contribution in [2.24, 2.45) is 5.92 Å². The zero-order valence-electron chi connectivity index (χ0n) is 10.1. The minimum absolute atomic E-state index is 0. The summed E-state index contributed by atoms with van der Waals surface area (Å²) in [5, 5.41) is 6.21. The summed E-state index contributed by atoms with van der Waals surface area (Å²) in [7, 11) is 0. The van der Waals surface area contributed by atoms with Crippen LogP contribution in [0.2, 0.25) is 0 Å². The second-order valence-corrected chi connectivity index (χ2v) is 4.12. The van der Waals surface area contributed by atoms with Crippen LogP contribution in [0, 0.1) is 5.92 Å². The largest absolute Gasteiger partial charge is 0.381 e. The Morgan fingerprint density at radius 2 is 2.31 bits per heavy atom. The van der Waals surface area contributed by atoms with Gasteiger partial charge in [-0.2, -0.15) is 0 Å². The van der Waals surface area contributed by atoms with E-state index >= 15 is 0 Å². The molecule has 1 unspecified atom stereocenters. The van der Waals surface area contributed by atoms with Gasteiger partial charge in [-0.3, -0.25) is 4.79 Å². The van der Waals surface area contributed by atoms with Crippen LogP contribution in [0.4, 0.5) is 0 Å². The van der Waals surface area contributed by atoms with Gasteiger partial charge < -0.3 is 15.4 Å². The fourth-order valence-corrected chi connectivity index (χ4v) is 1.77. The van der Waals surface area contributed by atoms with Gasteiger partial charge in [-0.15, -0.1) is 12.4 Å². The van der Waals surface area contributed by atoms with Gasteiger partial charge in [0.05, 0.1) is 12.5 Å². The first-order chi connectivity index (χ1) is 7.24. The summed E-state index contributed by atoms with van der Waals surface area (Å²) in [6, 6.07) is 0.337. The van der Waals surface area contributed by atoms with Crippen molar-refractivity contribution >= 4 is 18.3 Å². The van der Waals surface area contributed by atoms with Crippen molar-refractivity contribution < 1.29 is 9.53 Å². The minimum Gasteiger partial charge on any atom is -0.381 e. The van der Waals surface area contributed by atoms with Gasteiger partial charge in [-0.25, -0.2) is 0 Å². The number of hydrogen-bond donors (Lipinski definition) is 2. The first kappa shape index (κ1) is 15.7. The quantitative estimate of drug-likeness (QED) is 0.764. The molecule has 1 heterocycles. The molecule has 16 heavy (non-hydrogen) atoms. The molecule has 0 saturated carbocycles. The van der Waals surface area contributed by atoms with Gasteiger partial charge in [0, 0.05) is 19.2 Å². The smallest absolute Gasteiger partial charge is 0.225 e. The normalized spacial score (nSPS) is 22.0. The molecule has 0 aromatic rings. The Balaban J connectivity index is 0.00000225. The summed E-state index contributed by atoms with van der Waals surface area (Å²) in [5.74, 6) is 0.201. The molecule has 1 aliphatic heterocycles. The van der Waals surface area contributed by atoms with Crippen molar-refractivity contribution in [1.82, 2.24) is 10.6 Å². The van der Waals surface area contributed by atoms with Gasteiger partial charge in [0.15, 0.2) is 0 Å². The van der Waals surface area contributed by atoms with E-state index in [1.165, 1.54) is 0 Å². The SMILES string of the molecule is CCN[C@H](C)CNC(=O)C1CCCOC1.Cl. The average Bonchev–Trinajstić information content (AvgIpc) is 2.27. The average molecular weight is 251 g/mol. The van der Waals surface area contributed by atoms with E-state index in [9.17, 15) is 4.79 Å². The second-order valence-electron chi connectivity index (χ2n) is 4.12. The van der Waals surface area contributed by atoms with Crippen molar-refractivity contribution in [3.05, 3.63) is 0 Å². The Labute approximate surface area is 104 Å². The minimum atomic E-state index is 0. The lowest BCUT2D eigenvalue weighted by atomic mass is 10.0. The van der Waals surface area contributed by atoms with Crippen LogP contribution in [-0.4, -0.2) is 38.3 Å². The van der Waals surface area contributed by atoms with Crippen LogP contribution < -0.4 is 10.6 Å². The Bertz CT molecular complexity index is 196. The maximum atomic E-state index is 11.7. The summed E-state index contributed by atoms with van der Waals surface area (Å²) >= 11 is 0. The molecular weight excluding hydrogens is 228 g/mol. The number of ether oxygens (including phenoxy) is 1. The van der Waals surface area contributed by atoms with Gasteiger partial charge in [0.1, 0.15) is 0 Å². The van der Waals surface area contributed by atoms with E-state index < -0.39 is 0 Å². The molecule has 1 amide bonds. The van der Waals surface area contributed by atoms with E-state index in [0.29, 0.717) is 19.2 Å². The molecule has 96 valence electrons. The highest BCUT2D eigenvalue weighted by molar-refractivity contribution is 5.85. The van der Waals surface area contributed by atoms with Gasteiger partial charge in [-0.1, -0.05) is 6.92 Å². The first-order valence-electron chi connectivity index (χ1n) is 5.83. The van der Waals surface area contributed by atoms with Gasteiger partial charge in [-0.05, 0) is 26.3 Å². The zero-order valence-corrected chi connectivity index (χ0v) is 10.9. The fourth-order valence-electron chi connectivity index (χ4n) is 1.77. The third-order valence-corrected chi connectivity index (χ3v) is 2.67. The van der Waals surface area contributed by atoms with Crippen LogP contribution in [-0.2, 0) is 9.53 Å². The molecule has 0 aromatic heterocycles. The Kier molecular flexibility index (Phi) is 8.61. The van der Waals surface area contributed by atoms with Crippen LogP contribution in [0.3, 0.4) is 0 Å². The predicted molar refractivity (Wildman–Crippen MR) is 66.9 cm³/mol. The van der Waals surface area contributed by atoms with Crippen molar-refractivity contribution in [3.8, 4) is 0 Å². The van der Waals surface area contributed by atoms with Gasteiger partial charge in [0.2, 0.25) is 5.91 Å². The molecule has 0 aliphatic carbocycles. The molecule has 0 bridgehead atoms. The first-order valence-corrected chi connectivity index (χ1v) is 5.83. The number of amides is 1. The maximum Gasteiger partial charge on any atom is 0.225 e. The summed E-state index contributed by atoms with van der Waals surface area (Å²) in [4.78, 5) is 11.7. The summed E-state index contributed by atoms with van der Waals surface area (Å²) in [5.41, 5.74) is 0. The highest BCUT2D eigenvalue weighted by Crippen LogP contribution is 2.13. The molecule has 1 aliphatic rings. The third kappa shape index (κ3) is 5.68. The van der Waals surface area contributed by atoms with E-state index in [2.05, 4.69) is 24.5 Å². The van der Waals surface area contributed by atoms with Gasteiger partial charge in [0.25, 0.3) is 0 Å². The van der Waals surface area contributed by atoms with Crippen LogP contribution in [0.5, 0.6) is 0 Å². The lowest BCUT2D eigenvalue weighted by Crippen LogP contribution is -2.42. The number of likely N-dealkylation sites (N-methyl/N-ethyl adjacent to an activating group) is 1. The molecule has 1 fully saturated rings. The Morgan fingerprint density at radius 1 is 1.56 bits per heavy atom. The fraction of sp³-hybridized carbons (Fsp3) is 0.909. The molecule has 0 spiro atoms. The molecule has 1 rings (SSSR count). The number of carbonyl (C=O) groups is 1. The summed E-state index contributed by atoms with van der Waals surface area (Å²) in [6.45, 7) is 7.15. The zero-order chi connectivity index (χ0) is 11.1. The standard InChI is InChI=1S/C11H22N2O2.ClH/c1-3-12-9(2)7-13-11(14)10-5-4-6-15-8-10;/h9-10,12H,3-8H2,1-2H3,(H,13,14);1H/t9-,10?;/m1./s1. The highest BCUT2D eigenvalue weighted by atomic mass is 35.5. The molecule has 1 saturated heterocycles. The van der Waals surface area contributed by atoms with E-state index in [-0.39, 0.29) is 24.2 Å². The van der Waals surface area contributed by atoms with E-state index in [4.69, 9.17) is 4.74 Å². The van der Waals surface area contributed by atoms with Crippen LogP contribution in [0.15, 0.2) is 0 Å². The predicted octanol–water partition coefficient (Wildman–Crippen LogP) is 0.949. The molecule has 4 nitrogen and oxygen atoms in total. The third-order valence-electron chi connectivity index (χ3n) is 2.67. The van der Waals surface area contributed by atoms with Crippen molar-refractivity contribution in [3.63, 3.8) is 0 Å². The maximum absolute atomic E-state index is 11.7. The number of hydrogen-bond acceptors (Lipinski definition) is 3. The number of nitrogens with one attached hydrogen (secondary N) is 2. The second kappa shape index (κ2) is 8.79. The van der Waals surface area contributed by atoms with E-state index in [1.54, 1.807) is 0 Å². The van der Waals surface area contributed by atoms with Gasteiger partial charge >= 0.3 is 0 Å². The number of rotatable bonds is 5.